The number of benzene rings is 1. The summed E-state index contributed by atoms with van der Waals surface area (Å²) in [7, 11) is 0. The van der Waals surface area contributed by atoms with E-state index in [0.29, 0.717) is 25.2 Å². The summed E-state index contributed by atoms with van der Waals surface area (Å²) in [5, 5.41) is 2.81. The highest BCUT2D eigenvalue weighted by Gasteiger charge is 2.29. The Balaban J connectivity index is 2.32. The molecule has 0 saturated carbocycles. The number of nitrogens with one attached hydrogen (secondary N) is 1. The van der Waals surface area contributed by atoms with E-state index in [-0.39, 0.29) is 23.8 Å². The number of nitrogens with two attached hydrogens (primary N) is 1. The Kier molecular flexibility index (Phi) is 4.04. The van der Waals surface area contributed by atoms with Crippen LogP contribution in [0.15, 0.2) is 18.2 Å². The molecule has 0 aliphatic carbocycles. The molecule has 19 heavy (non-hydrogen) atoms. The average molecular weight is 265 g/mol. The molecule has 2 rings (SSSR count). The normalized spacial score (nSPS) is 21.2. The monoisotopic (exact) mass is 265 g/mol. The zero-order chi connectivity index (χ0) is 14.0. The highest BCUT2D eigenvalue weighted by atomic mass is 19.1. The summed E-state index contributed by atoms with van der Waals surface area (Å²) >= 11 is 0. The first kappa shape index (κ1) is 13.8. The maximum Gasteiger partial charge on any atom is 0.242 e. The Morgan fingerprint density at radius 2 is 2.32 bits per heavy atom. The molecule has 1 heterocycles. The second-order valence-corrected chi connectivity index (χ2v) is 4.91. The molecule has 3 N–H and O–H groups in total. The fraction of sp³-hybridized carbons (Fsp3) is 0.500. The van der Waals surface area contributed by atoms with Crippen molar-refractivity contribution in [2.45, 2.75) is 32.4 Å². The van der Waals surface area contributed by atoms with Gasteiger partial charge in [0.15, 0.2) is 0 Å². The lowest BCUT2D eigenvalue weighted by Gasteiger charge is -2.36. The summed E-state index contributed by atoms with van der Waals surface area (Å²) in [5.74, 6) is -0.354. The molecule has 0 radical (unpaired) electrons. The summed E-state index contributed by atoms with van der Waals surface area (Å²) in [4.78, 5) is 13.6. The Hall–Kier alpha value is -1.62. The highest BCUT2D eigenvalue weighted by Crippen LogP contribution is 2.26. The third kappa shape index (κ3) is 2.71. The molecule has 1 unspecified atom stereocenters. The third-order valence-electron chi connectivity index (χ3n) is 3.52. The molecule has 2 atom stereocenters. The van der Waals surface area contributed by atoms with Gasteiger partial charge in [-0.2, -0.15) is 0 Å². The minimum absolute atomic E-state index is 0.0376. The van der Waals surface area contributed by atoms with E-state index in [4.69, 9.17) is 5.73 Å². The summed E-state index contributed by atoms with van der Waals surface area (Å²) < 4.78 is 14.2. The van der Waals surface area contributed by atoms with Crippen molar-refractivity contribution in [2.24, 2.45) is 5.73 Å². The lowest BCUT2D eigenvalue weighted by atomic mass is 10.0. The van der Waals surface area contributed by atoms with Gasteiger partial charge in [0.25, 0.3) is 0 Å². The van der Waals surface area contributed by atoms with Gasteiger partial charge in [-0.05, 0) is 31.0 Å². The first-order valence-corrected chi connectivity index (χ1v) is 6.64. The van der Waals surface area contributed by atoms with E-state index < -0.39 is 0 Å². The van der Waals surface area contributed by atoms with Crippen molar-refractivity contribution in [1.29, 1.82) is 0 Å². The molecule has 0 bridgehead atoms. The van der Waals surface area contributed by atoms with E-state index in [1.54, 1.807) is 6.07 Å². The van der Waals surface area contributed by atoms with Crippen molar-refractivity contribution in [1.82, 2.24) is 5.32 Å². The van der Waals surface area contributed by atoms with E-state index in [1.165, 1.54) is 6.07 Å². The fourth-order valence-corrected chi connectivity index (χ4v) is 2.45. The zero-order valence-corrected chi connectivity index (χ0v) is 11.3. The molecule has 4 nitrogen and oxygen atoms in total. The Morgan fingerprint density at radius 3 is 2.89 bits per heavy atom. The lowest BCUT2D eigenvalue weighted by molar-refractivity contribution is -0.123. The first-order chi connectivity index (χ1) is 9.04. The number of rotatable bonds is 3. The van der Waals surface area contributed by atoms with Crippen LogP contribution in [0, 0.1) is 5.82 Å². The summed E-state index contributed by atoms with van der Waals surface area (Å²) in [5.41, 5.74) is 6.98. The van der Waals surface area contributed by atoms with Crippen LogP contribution in [0.25, 0.3) is 0 Å². The molecule has 104 valence electrons. The van der Waals surface area contributed by atoms with E-state index in [1.807, 2.05) is 24.8 Å². The van der Waals surface area contributed by atoms with Gasteiger partial charge in [-0.15, -0.1) is 0 Å². The van der Waals surface area contributed by atoms with Gasteiger partial charge < -0.3 is 16.0 Å². The maximum atomic E-state index is 14.2. The lowest BCUT2D eigenvalue weighted by Crippen LogP contribution is -2.55. The summed E-state index contributed by atoms with van der Waals surface area (Å²) in [6, 6.07) is 4.50. The highest BCUT2D eigenvalue weighted by molar-refractivity contribution is 5.86. The van der Waals surface area contributed by atoms with Crippen molar-refractivity contribution in [3.8, 4) is 0 Å². The van der Waals surface area contributed by atoms with Crippen LogP contribution in [0.3, 0.4) is 0 Å². The number of nitrogens with zero attached hydrogens (tertiary/aromatic N) is 1. The largest absolute Gasteiger partial charge is 0.355 e. The molecule has 1 saturated heterocycles. The maximum absolute atomic E-state index is 14.2. The average Bonchev–Trinajstić information content (AvgIpc) is 2.38. The van der Waals surface area contributed by atoms with Crippen molar-refractivity contribution in [3.63, 3.8) is 0 Å². The molecule has 0 aromatic heterocycles. The van der Waals surface area contributed by atoms with E-state index >= 15 is 0 Å². The van der Waals surface area contributed by atoms with Gasteiger partial charge in [0.2, 0.25) is 5.91 Å². The minimum atomic E-state index is -0.317. The van der Waals surface area contributed by atoms with Crippen molar-refractivity contribution in [3.05, 3.63) is 29.6 Å². The summed E-state index contributed by atoms with van der Waals surface area (Å²) in [6.07, 6.45) is 0.653. The number of halogens is 1. The van der Waals surface area contributed by atoms with Crippen LogP contribution in [0.1, 0.15) is 31.9 Å². The molecule has 1 aliphatic rings. The molecule has 1 aromatic carbocycles. The molecule has 5 heteroatoms. The number of hydrogen-bond donors (Lipinski definition) is 2. The van der Waals surface area contributed by atoms with Crippen LogP contribution < -0.4 is 16.0 Å². The Labute approximate surface area is 112 Å². The minimum Gasteiger partial charge on any atom is -0.355 e. The van der Waals surface area contributed by atoms with Crippen LogP contribution in [0.2, 0.25) is 0 Å². The van der Waals surface area contributed by atoms with E-state index in [2.05, 4.69) is 5.32 Å². The predicted octanol–water partition coefficient (Wildman–Crippen LogP) is 1.56. The molecule has 0 spiro atoms. The predicted molar refractivity (Wildman–Crippen MR) is 73.4 cm³/mol. The van der Waals surface area contributed by atoms with Gasteiger partial charge in [0.05, 0.1) is 5.69 Å². The van der Waals surface area contributed by atoms with Crippen molar-refractivity contribution in [2.75, 3.05) is 18.0 Å². The Bertz CT molecular complexity index is 476. The molecular formula is C14H20FN3O. The van der Waals surface area contributed by atoms with Crippen LogP contribution in [0.5, 0.6) is 0 Å². The fourth-order valence-electron chi connectivity index (χ4n) is 2.45. The number of hydrogen-bond acceptors (Lipinski definition) is 3. The van der Waals surface area contributed by atoms with Gasteiger partial charge >= 0.3 is 0 Å². The van der Waals surface area contributed by atoms with Crippen LogP contribution >= 0.6 is 0 Å². The van der Waals surface area contributed by atoms with Gasteiger partial charge in [-0.25, -0.2) is 4.39 Å². The van der Waals surface area contributed by atoms with Crippen molar-refractivity contribution < 1.29 is 9.18 Å². The van der Waals surface area contributed by atoms with Crippen molar-refractivity contribution >= 4 is 11.6 Å². The summed E-state index contributed by atoms with van der Waals surface area (Å²) in [6.45, 7) is 4.91. The molecule has 1 aliphatic heterocycles. The third-order valence-corrected chi connectivity index (χ3v) is 3.52. The number of carbonyl (C=O) groups excluding carboxylic acids is 1. The number of carbonyl (C=O) groups is 1. The number of piperazine rings is 1. The van der Waals surface area contributed by atoms with Crippen LogP contribution in [-0.4, -0.2) is 25.0 Å². The number of amides is 1. The topological polar surface area (TPSA) is 58.4 Å². The molecular weight excluding hydrogens is 245 g/mol. The molecule has 1 fully saturated rings. The molecule has 1 aromatic rings. The number of anilines is 1. The van der Waals surface area contributed by atoms with E-state index in [9.17, 15) is 9.18 Å². The Morgan fingerprint density at radius 1 is 1.58 bits per heavy atom. The first-order valence-electron chi connectivity index (χ1n) is 6.64. The zero-order valence-electron chi connectivity index (χ0n) is 11.3. The van der Waals surface area contributed by atoms with Crippen LogP contribution in [0.4, 0.5) is 10.1 Å². The molecule has 1 amide bonds. The second kappa shape index (κ2) is 5.57. The van der Waals surface area contributed by atoms with Gasteiger partial charge in [0.1, 0.15) is 11.9 Å². The van der Waals surface area contributed by atoms with Crippen LogP contribution in [-0.2, 0) is 4.79 Å². The van der Waals surface area contributed by atoms with Gasteiger partial charge in [0, 0.05) is 19.1 Å². The smallest absolute Gasteiger partial charge is 0.242 e. The van der Waals surface area contributed by atoms with Gasteiger partial charge in [-0.1, -0.05) is 13.0 Å². The second-order valence-electron chi connectivity index (χ2n) is 4.91. The van der Waals surface area contributed by atoms with Gasteiger partial charge in [-0.3, -0.25) is 4.79 Å². The quantitative estimate of drug-likeness (QED) is 0.872. The standard InChI is InChI=1S/C14H20FN3O/c1-3-12-14(19)17-6-7-18(12)13-5-4-10(9(2)16)8-11(13)15/h4-5,8-9,12H,3,6-7,16H2,1-2H3,(H,17,19)/t9-,12?/m1/s1. The van der Waals surface area contributed by atoms with E-state index in [0.717, 1.165) is 5.56 Å². The SMILES string of the molecule is CCC1C(=O)NCCN1c1ccc([C@@H](C)N)cc1F.